The molecule has 0 atom stereocenters. The molecular weight excluding hydrogens is 817 g/mol. The van der Waals surface area contributed by atoms with E-state index in [1.54, 1.807) is 0 Å². The Labute approximate surface area is 394 Å². The number of rotatable bonds is 6. The lowest BCUT2D eigenvalue weighted by atomic mass is 9.70. The summed E-state index contributed by atoms with van der Waals surface area (Å²) in [6.07, 6.45) is 0. The van der Waals surface area contributed by atoms with Crippen molar-refractivity contribution in [3.05, 3.63) is 216 Å². The van der Waals surface area contributed by atoms with Gasteiger partial charge in [0.05, 0.1) is 39.0 Å². The van der Waals surface area contributed by atoms with Gasteiger partial charge in [-0.05, 0) is 148 Å². The maximum absolute atomic E-state index is 5.50. The molecule has 12 rings (SSSR count). The average molecular weight is 871 g/mol. The van der Waals surface area contributed by atoms with Crippen molar-refractivity contribution in [2.75, 3.05) is 9.80 Å². The van der Waals surface area contributed by atoms with E-state index in [0.29, 0.717) is 0 Å². The van der Waals surface area contributed by atoms with Gasteiger partial charge in [0.2, 0.25) is 0 Å². The molecule has 0 N–H and O–H groups in total. The standard InChI is InChI=1S/C61H54N6/c1-57(2)59(5,6)66(42-23-13-10-14-24-42)56(65-57)53-31-19-29-51(62-53)40-33-35-45-46-36-34-41(38-50(46)61(49(45)37-40)47-27-17-15-25-43(47)44-26-16-18-28-48(44)61)52-30-20-32-54(63-52)67-55(39-21-11-9-12-22-39)64-58(3,4)60(67,7)8/h9-38H,1-8H3. The van der Waals surface area contributed by atoms with Crippen LogP contribution in [0, 0.1) is 0 Å². The molecule has 4 heterocycles. The number of aliphatic imine (C=N–C) groups is 2. The van der Waals surface area contributed by atoms with E-state index in [4.69, 9.17) is 20.0 Å². The molecule has 1 spiro atoms. The van der Waals surface area contributed by atoms with Crippen molar-refractivity contribution in [2.24, 2.45) is 9.98 Å². The van der Waals surface area contributed by atoms with Gasteiger partial charge in [-0.15, -0.1) is 0 Å². The van der Waals surface area contributed by atoms with Crippen molar-refractivity contribution < 1.29 is 0 Å². The number of pyridine rings is 2. The zero-order chi connectivity index (χ0) is 46.1. The smallest absolute Gasteiger partial charge is 0.155 e. The Kier molecular flexibility index (Phi) is 8.74. The molecule has 328 valence electrons. The monoisotopic (exact) mass is 870 g/mol. The molecule has 2 aliphatic heterocycles. The van der Waals surface area contributed by atoms with Gasteiger partial charge >= 0.3 is 0 Å². The molecule has 2 aromatic heterocycles. The molecule has 0 bridgehead atoms. The largest absolute Gasteiger partial charge is 0.317 e. The van der Waals surface area contributed by atoms with E-state index in [9.17, 15) is 0 Å². The minimum Gasteiger partial charge on any atom is -0.317 e. The summed E-state index contributed by atoms with van der Waals surface area (Å²) < 4.78 is 0. The van der Waals surface area contributed by atoms with Crippen molar-refractivity contribution in [1.82, 2.24) is 9.97 Å². The lowest BCUT2D eigenvalue weighted by Gasteiger charge is -2.41. The Balaban J connectivity index is 1.01. The average Bonchev–Trinajstić information content (AvgIpc) is 3.94. The first-order valence-electron chi connectivity index (χ1n) is 23.6. The number of fused-ring (bicyclic) bond motifs is 10. The second-order valence-electron chi connectivity index (χ2n) is 20.6. The topological polar surface area (TPSA) is 57.0 Å². The fourth-order valence-electron chi connectivity index (χ4n) is 11.2. The van der Waals surface area contributed by atoms with Crippen LogP contribution in [0.5, 0.6) is 0 Å². The highest BCUT2D eigenvalue weighted by Crippen LogP contribution is 2.63. The Morgan fingerprint density at radius 3 is 1.40 bits per heavy atom. The van der Waals surface area contributed by atoms with Crippen LogP contribution in [0.4, 0.5) is 11.5 Å². The van der Waals surface area contributed by atoms with Crippen LogP contribution in [-0.4, -0.2) is 43.8 Å². The quantitative estimate of drug-likeness (QED) is 0.167. The maximum atomic E-state index is 5.50. The summed E-state index contributed by atoms with van der Waals surface area (Å²) in [6, 6.07) is 65.9. The fourth-order valence-corrected chi connectivity index (χ4v) is 11.2. The summed E-state index contributed by atoms with van der Waals surface area (Å²) in [5.41, 5.74) is 15.3. The van der Waals surface area contributed by atoms with E-state index in [0.717, 1.165) is 56.9 Å². The highest BCUT2D eigenvalue weighted by atomic mass is 15.4. The van der Waals surface area contributed by atoms with Crippen molar-refractivity contribution in [3.8, 4) is 44.8 Å². The normalized spacial score (nSPS) is 18.3. The third kappa shape index (κ3) is 5.75. The molecule has 4 aliphatic rings. The second kappa shape index (κ2) is 14.3. The van der Waals surface area contributed by atoms with Crippen LogP contribution in [0.3, 0.4) is 0 Å². The molecule has 2 aliphatic carbocycles. The Bertz CT molecular complexity index is 3330. The lowest BCUT2D eigenvalue weighted by Crippen LogP contribution is -2.53. The van der Waals surface area contributed by atoms with Crippen LogP contribution < -0.4 is 9.80 Å². The van der Waals surface area contributed by atoms with E-state index in [1.807, 2.05) is 0 Å². The molecule has 8 aromatic rings. The number of amidine groups is 2. The Hall–Kier alpha value is -7.44. The summed E-state index contributed by atoms with van der Waals surface area (Å²) in [4.78, 5) is 26.4. The zero-order valence-electron chi connectivity index (χ0n) is 39.5. The van der Waals surface area contributed by atoms with Crippen molar-refractivity contribution in [1.29, 1.82) is 0 Å². The third-order valence-electron chi connectivity index (χ3n) is 16.0. The Morgan fingerprint density at radius 1 is 0.343 bits per heavy atom. The highest BCUT2D eigenvalue weighted by molar-refractivity contribution is 6.13. The van der Waals surface area contributed by atoms with Crippen molar-refractivity contribution in [2.45, 2.75) is 83.0 Å². The van der Waals surface area contributed by atoms with Gasteiger partial charge in [-0.2, -0.15) is 0 Å². The first-order valence-corrected chi connectivity index (χ1v) is 23.6. The minimum absolute atomic E-state index is 0.285. The number of nitrogens with zero attached hydrogens (tertiary/aromatic N) is 6. The molecular formula is C61H54N6. The van der Waals surface area contributed by atoms with E-state index in [1.165, 1.54) is 44.5 Å². The molecule has 6 nitrogen and oxygen atoms in total. The van der Waals surface area contributed by atoms with E-state index < -0.39 is 5.41 Å². The van der Waals surface area contributed by atoms with Gasteiger partial charge < -0.3 is 9.80 Å². The third-order valence-corrected chi connectivity index (χ3v) is 16.0. The second-order valence-corrected chi connectivity index (χ2v) is 20.6. The van der Waals surface area contributed by atoms with Gasteiger partial charge in [0, 0.05) is 22.4 Å². The summed E-state index contributed by atoms with van der Waals surface area (Å²) in [5, 5.41) is 0. The van der Waals surface area contributed by atoms with Gasteiger partial charge in [-0.3, -0.25) is 9.98 Å². The molecule has 6 aromatic carbocycles. The SMILES string of the molecule is CC1(C)N=C(c2cccc(-c3ccc4c(c3)C3(c5ccccc5-c5ccccc53)c3cc(-c5cccc(N6C(c7ccccc7)=NC(C)(C)C6(C)C)n5)ccc3-4)n2)N(c2ccccc2)C1(C)C. The van der Waals surface area contributed by atoms with Crippen LogP contribution in [0.1, 0.15) is 88.9 Å². The highest BCUT2D eigenvalue weighted by Gasteiger charge is 2.53. The number of hydrogen-bond acceptors (Lipinski definition) is 6. The summed E-state index contributed by atoms with van der Waals surface area (Å²) in [6.45, 7) is 18.0. The van der Waals surface area contributed by atoms with E-state index >= 15 is 0 Å². The number of para-hydroxylation sites is 1. The zero-order valence-corrected chi connectivity index (χ0v) is 39.5. The molecule has 0 saturated carbocycles. The summed E-state index contributed by atoms with van der Waals surface area (Å²) in [7, 11) is 0. The molecule has 0 amide bonds. The van der Waals surface area contributed by atoms with E-state index in [-0.39, 0.29) is 22.2 Å². The number of aromatic nitrogens is 2. The minimum atomic E-state index is -0.569. The predicted molar refractivity (Wildman–Crippen MR) is 276 cm³/mol. The van der Waals surface area contributed by atoms with Crippen LogP contribution in [-0.2, 0) is 5.41 Å². The molecule has 0 fully saturated rings. The first kappa shape index (κ1) is 41.0. The number of benzene rings is 6. The van der Waals surface area contributed by atoms with Crippen molar-refractivity contribution >= 4 is 23.2 Å². The molecule has 0 saturated heterocycles. The summed E-state index contributed by atoms with van der Waals surface area (Å²) >= 11 is 0. The van der Waals surface area contributed by atoms with Crippen LogP contribution in [0.25, 0.3) is 44.8 Å². The Morgan fingerprint density at radius 2 is 0.806 bits per heavy atom. The molecule has 6 heteroatoms. The van der Waals surface area contributed by atoms with Gasteiger partial charge in [0.25, 0.3) is 0 Å². The number of hydrogen-bond donors (Lipinski definition) is 0. The molecule has 0 unspecified atom stereocenters. The van der Waals surface area contributed by atoms with Crippen LogP contribution in [0.15, 0.2) is 192 Å². The van der Waals surface area contributed by atoms with Gasteiger partial charge in [-0.25, -0.2) is 9.97 Å². The van der Waals surface area contributed by atoms with Gasteiger partial charge in [0.1, 0.15) is 17.3 Å². The molecule has 0 radical (unpaired) electrons. The first-order chi connectivity index (χ1) is 32.2. The van der Waals surface area contributed by atoms with Crippen LogP contribution in [0.2, 0.25) is 0 Å². The fraction of sp³-hybridized carbons (Fsp3) is 0.213. The van der Waals surface area contributed by atoms with E-state index in [2.05, 4.69) is 247 Å². The van der Waals surface area contributed by atoms with Gasteiger partial charge in [0.15, 0.2) is 5.84 Å². The van der Waals surface area contributed by atoms with Gasteiger partial charge in [-0.1, -0.05) is 133 Å². The number of anilines is 2. The van der Waals surface area contributed by atoms with Crippen LogP contribution >= 0.6 is 0 Å². The predicted octanol–water partition coefficient (Wildman–Crippen LogP) is 13.8. The lowest BCUT2D eigenvalue weighted by molar-refractivity contribution is 0.337. The molecule has 67 heavy (non-hydrogen) atoms. The maximum Gasteiger partial charge on any atom is 0.155 e. The van der Waals surface area contributed by atoms with Crippen molar-refractivity contribution in [3.63, 3.8) is 0 Å². The summed E-state index contributed by atoms with van der Waals surface area (Å²) in [5.74, 6) is 2.71.